The SMILES string of the molecule is CCCCCCc1cc(CCCCCC)c(S(OC(C)=O)(c2ccccc2)c2ccccc2)c(CCCCCC)c1. The van der Waals surface area contributed by atoms with E-state index >= 15 is 0 Å². The monoisotopic (exact) mass is 574 g/mol. The number of benzene rings is 3. The molecule has 0 aliphatic carbocycles. The summed E-state index contributed by atoms with van der Waals surface area (Å²) < 4.78 is 6.73. The Morgan fingerprint density at radius 2 is 1.00 bits per heavy atom. The molecule has 0 unspecified atom stereocenters. The Morgan fingerprint density at radius 1 is 0.585 bits per heavy atom. The second-order valence-corrected chi connectivity index (χ2v) is 14.1. The van der Waals surface area contributed by atoms with E-state index < -0.39 is 10.3 Å². The molecular formula is C38H54O2S. The van der Waals surface area contributed by atoms with E-state index in [2.05, 4.69) is 93.6 Å². The highest BCUT2D eigenvalue weighted by Crippen LogP contribution is 2.71. The van der Waals surface area contributed by atoms with E-state index in [-0.39, 0.29) is 5.97 Å². The fourth-order valence-electron chi connectivity index (χ4n) is 5.86. The van der Waals surface area contributed by atoms with E-state index in [4.69, 9.17) is 4.18 Å². The molecule has 2 nitrogen and oxygen atoms in total. The van der Waals surface area contributed by atoms with E-state index in [9.17, 15) is 4.79 Å². The Hall–Kier alpha value is -2.52. The number of carbonyl (C=O) groups is 1. The Morgan fingerprint density at radius 3 is 1.39 bits per heavy atom. The van der Waals surface area contributed by atoms with Gasteiger partial charge in [0.2, 0.25) is 0 Å². The lowest BCUT2D eigenvalue weighted by Crippen LogP contribution is -2.16. The Bertz CT molecular complexity index is 1080. The van der Waals surface area contributed by atoms with Gasteiger partial charge in [-0.25, -0.2) is 0 Å². The normalized spacial score (nSPS) is 11.9. The van der Waals surface area contributed by atoms with Gasteiger partial charge in [0.1, 0.15) is 0 Å². The van der Waals surface area contributed by atoms with Crippen LogP contribution in [0.25, 0.3) is 0 Å². The minimum absolute atomic E-state index is 0.217. The van der Waals surface area contributed by atoms with Gasteiger partial charge in [-0.1, -0.05) is 127 Å². The molecule has 0 fully saturated rings. The van der Waals surface area contributed by atoms with Crippen LogP contribution in [-0.4, -0.2) is 5.97 Å². The van der Waals surface area contributed by atoms with Gasteiger partial charge in [0.25, 0.3) is 0 Å². The first kappa shape index (κ1) is 33.0. The van der Waals surface area contributed by atoms with Gasteiger partial charge in [0.05, 0.1) is 0 Å². The molecule has 0 heterocycles. The summed E-state index contributed by atoms with van der Waals surface area (Å²) >= 11 is 0. The Balaban J connectivity index is 2.30. The molecule has 0 atom stereocenters. The molecule has 0 saturated heterocycles. The third-order valence-corrected chi connectivity index (χ3v) is 11.4. The highest BCUT2D eigenvalue weighted by Gasteiger charge is 2.38. The van der Waals surface area contributed by atoms with Crippen molar-refractivity contribution >= 4 is 16.3 Å². The highest BCUT2D eigenvalue weighted by molar-refractivity contribution is 8.30. The van der Waals surface area contributed by atoms with Crippen LogP contribution < -0.4 is 0 Å². The number of rotatable bonds is 19. The minimum atomic E-state index is -2.27. The lowest BCUT2D eigenvalue weighted by molar-refractivity contribution is -0.131. The number of hydrogen-bond acceptors (Lipinski definition) is 2. The summed E-state index contributed by atoms with van der Waals surface area (Å²) in [6.07, 6.45) is 18.0. The summed E-state index contributed by atoms with van der Waals surface area (Å²) in [4.78, 5) is 16.6. The van der Waals surface area contributed by atoms with Crippen molar-refractivity contribution in [2.75, 3.05) is 0 Å². The van der Waals surface area contributed by atoms with Gasteiger partial charge in [-0.2, -0.15) is 0 Å². The van der Waals surface area contributed by atoms with Crippen LogP contribution in [-0.2, 0) is 28.2 Å². The second kappa shape index (κ2) is 18.1. The van der Waals surface area contributed by atoms with Gasteiger partial charge in [-0.15, -0.1) is 0 Å². The molecule has 3 heteroatoms. The molecule has 0 aliphatic heterocycles. The second-order valence-electron chi connectivity index (χ2n) is 11.4. The zero-order valence-corrected chi connectivity index (χ0v) is 27.1. The fourth-order valence-corrected chi connectivity index (χ4v) is 9.37. The summed E-state index contributed by atoms with van der Waals surface area (Å²) in [5.74, 6) is -0.217. The zero-order valence-electron chi connectivity index (χ0n) is 26.3. The largest absolute Gasteiger partial charge is 0.402 e. The molecule has 0 aromatic heterocycles. The van der Waals surface area contributed by atoms with Gasteiger partial charge in [-0.3, -0.25) is 4.79 Å². The van der Waals surface area contributed by atoms with E-state index in [0.29, 0.717) is 0 Å². The van der Waals surface area contributed by atoms with E-state index in [1.54, 1.807) is 6.92 Å². The van der Waals surface area contributed by atoms with Crippen LogP contribution in [0.1, 0.15) is 121 Å². The maximum Gasteiger partial charge on any atom is 0.313 e. The number of unbranched alkanes of at least 4 members (excludes halogenated alkanes) is 9. The number of hydrogen-bond donors (Lipinski definition) is 0. The third kappa shape index (κ3) is 9.50. The molecule has 0 N–H and O–H groups in total. The molecular weight excluding hydrogens is 520 g/mol. The molecule has 41 heavy (non-hydrogen) atoms. The summed E-state index contributed by atoms with van der Waals surface area (Å²) in [5, 5.41) is 0. The number of aryl methyl sites for hydroxylation is 3. The Kier molecular flexibility index (Phi) is 14.6. The quantitative estimate of drug-likeness (QED) is 0.133. The van der Waals surface area contributed by atoms with Gasteiger partial charge in [0.15, 0.2) is 0 Å². The van der Waals surface area contributed by atoms with Crippen molar-refractivity contribution in [1.29, 1.82) is 0 Å². The first-order chi connectivity index (χ1) is 20.1. The van der Waals surface area contributed by atoms with Gasteiger partial charge < -0.3 is 4.18 Å². The van der Waals surface area contributed by atoms with Crippen LogP contribution >= 0.6 is 10.3 Å². The average molecular weight is 575 g/mol. The van der Waals surface area contributed by atoms with E-state index in [1.165, 1.54) is 85.8 Å². The van der Waals surface area contributed by atoms with Crippen molar-refractivity contribution in [2.45, 2.75) is 139 Å². The molecule has 0 spiro atoms. The molecule has 3 aromatic carbocycles. The van der Waals surface area contributed by atoms with Gasteiger partial charge in [-0.05, 0) is 89.8 Å². The standard InChI is InChI=1S/C38H54O2S/c1-5-8-11-16-23-33-30-34(24-17-12-9-6-2)38(35(31-33)25-18-13-10-7-3)41(40-32(4)39,36-26-19-14-20-27-36)37-28-21-15-22-29-37/h14-15,19-22,26-31H,5-13,16-18,23-25H2,1-4H3. The topological polar surface area (TPSA) is 26.3 Å². The summed E-state index contributed by atoms with van der Waals surface area (Å²) in [7, 11) is -2.27. The van der Waals surface area contributed by atoms with Crippen molar-refractivity contribution in [2.24, 2.45) is 0 Å². The van der Waals surface area contributed by atoms with E-state index in [1.807, 2.05) is 0 Å². The highest BCUT2D eigenvalue weighted by atomic mass is 32.3. The predicted octanol–water partition coefficient (Wildman–Crippen LogP) is 11.8. The molecule has 3 aromatic rings. The maximum atomic E-state index is 13.1. The van der Waals surface area contributed by atoms with Gasteiger partial charge >= 0.3 is 5.97 Å². The van der Waals surface area contributed by atoms with Gasteiger partial charge in [0, 0.05) is 21.6 Å². The Labute approximate surface area is 252 Å². The fraction of sp³-hybridized carbons (Fsp3) is 0.500. The smallest absolute Gasteiger partial charge is 0.313 e. The first-order valence-electron chi connectivity index (χ1n) is 16.3. The van der Waals surface area contributed by atoms with Crippen LogP contribution in [0.2, 0.25) is 0 Å². The van der Waals surface area contributed by atoms with Crippen molar-refractivity contribution in [1.82, 2.24) is 0 Å². The van der Waals surface area contributed by atoms with Crippen LogP contribution in [0.4, 0.5) is 0 Å². The predicted molar refractivity (Wildman–Crippen MR) is 177 cm³/mol. The van der Waals surface area contributed by atoms with Crippen molar-refractivity contribution in [3.63, 3.8) is 0 Å². The van der Waals surface area contributed by atoms with Crippen LogP contribution in [0, 0.1) is 0 Å². The average Bonchev–Trinajstić information content (AvgIpc) is 2.99. The molecule has 0 saturated carbocycles. The molecule has 0 radical (unpaired) electrons. The number of carbonyl (C=O) groups excluding carboxylic acids is 1. The molecule has 224 valence electrons. The van der Waals surface area contributed by atoms with Crippen molar-refractivity contribution in [3.05, 3.63) is 89.5 Å². The lowest BCUT2D eigenvalue weighted by Gasteiger charge is -2.42. The summed E-state index contributed by atoms with van der Waals surface area (Å²) in [5.41, 5.74) is 4.24. The molecule has 3 rings (SSSR count). The molecule has 0 bridgehead atoms. The third-order valence-electron chi connectivity index (χ3n) is 7.90. The van der Waals surface area contributed by atoms with Crippen LogP contribution in [0.15, 0.2) is 87.5 Å². The molecule has 0 amide bonds. The first-order valence-corrected chi connectivity index (χ1v) is 17.9. The van der Waals surface area contributed by atoms with Crippen LogP contribution in [0.3, 0.4) is 0 Å². The van der Waals surface area contributed by atoms with Crippen molar-refractivity contribution in [3.8, 4) is 0 Å². The molecule has 0 aliphatic rings. The zero-order chi connectivity index (χ0) is 29.3. The lowest BCUT2D eigenvalue weighted by atomic mass is 9.95. The minimum Gasteiger partial charge on any atom is -0.402 e. The van der Waals surface area contributed by atoms with Crippen molar-refractivity contribution < 1.29 is 8.98 Å². The summed E-state index contributed by atoms with van der Waals surface area (Å²) in [6.45, 7) is 8.41. The summed E-state index contributed by atoms with van der Waals surface area (Å²) in [6, 6.07) is 26.1. The maximum absolute atomic E-state index is 13.1. The van der Waals surface area contributed by atoms with E-state index in [0.717, 1.165) is 41.9 Å². The van der Waals surface area contributed by atoms with Crippen LogP contribution in [0.5, 0.6) is 0 Å².